The van der Waals surface area contributed by atoms with Gasteiger partial charge in [0.25, 0.3) is 0 Å². The van der Waals surface area contributed by atoms with Crippen LogP contribution in [0.4, 0.5) is 11.4 Å². The van der Waals surface area contributed by atoms with E-state index >= 15 is 0 Å². The third kappa shape index (κ3) is 4.61. The minimum atomic E-state index is -1.43. The molecule has 0 heterocycles. The van der Waals surface area contributed by atoms with Gasteiger partial charge >= 0.3 is 7.12 Å². The molecular weight excluding hydrogens is 253 g/mol. The molecule has 106 valence electrons. The zero-order valence-corrected chi connectivity index (χ0v) is 12.0. The maximum Gasteiger partial charge on any atom is 0.488 e. The summed E-state index contributed by atoms with van der Waals surface area (Å²) in [4.78, 5) is 0. The second-order valence-electron chi connectivity index (χ2n) is 3.85. The van der Waals surface area contributed by atoms with Crippen LogP contribution in [0, 0.1) is 0 Å². The SMILES string of the molecule is CC.COc1ccc(Nc2ccc(B(O)O)cc2)cc1. The van der Waals surface area contributed by atoms with E-state index in [-0.39, 0.29) is 0 Å². The third-order valence-electron chi connectivity index (χ3n) is 2.59. The Morgan fingerprint density at radius 1 is 0.850 bits per heavy atom. The molecular formula is C15H20BNO3. The smallest absolute Gasteiger partial charge is 0.488 e. The van der Waals surface area contributed by atoms with Crippen LogP contribution in [0.5, 0.6) is 5.75 Å². The van der Waals surface area contributed by atoms with Gasteiger partial charge in [-0.25, -0.2) is 0 Å². The van der Waals surface area contributed by atoms with Gasteiger partial charge in [0.2, 0.25) is 0 Å². The second-order valence-corrected chi connectivity index (χ2v) is 3.85. The van der Waals surface area contributed by atoms with Gasteiger partial charge in [-0.3, -0.25) is 0 Å². The Morgan fingerprint density at radius 3 is 1.70 bits per heavy atom. The Hall–Kier alpha value is -1.98. The molecule has 0 saturated carbocycles. The lowest BCUT2D eigenvalue weighted by Gasteiger charge is -2.08. The van der Waals surface area contributed by atoms with Gasteiger partial charge in [0, 0.05) is 11.4 Å². The number of nitrogens with one attached hydrogen (secondary N) is 1. The predicted octanol–water partition coefficient (Wildman–Crippen LogP) is 2.14. The van der Waals surface area contributed by atoms with Crippen molar-refractivity contribution in [2.45, 2.75) is 13.8 Å². The summed E-state index contributed by atoms with van der Waals surface area (Å²) < 4.78 is 5.08. The maximum absolute atomic E-state index is 8.98. The van der Waals surface area contributed by atoms with Gasteiger partial charge in [0.05, 0.1) is 7.11 Å². The zero-order chi connectivity index (χ0) is 15.0. The minimum Gasteiger partial charge on any atom is -0.497 e. The number of hydrogen-bond donors (Lipinski definition) is 3. The number of methoxy groups -OCH3 is 1. The van der Waals surface area contributed by atoms with Crippen molar-refractivity contribution in [3.05, 3.63) is 48.5 Å². The van der Waals surface area contributed by atoms with E-state index in [1.165, 1.54) is 0 Å². The number of anilines is 2. The highest BCUT2D eigenvalue weighted by atomic mass is 16.5. The zero-order valence-electron chi connectivity index (χ0n) is 12.0. The normalized spacial score (nSPS) is 9.25. The highest BCUT2D eigenvalue weighted by Gasteiger charge is 2.09. The fourth-order valence-corrected chi connectivity index (χ4v) is 1.58. The van der Waals surface area contributed by atoms with Gasteiger partial charge < -0.3 is 20.1 Å². The highest BCUT2D eigenvalue weighted by molar-refractivity contribution is 6.58. The number of rotatable bonds is 4. The summed E-state index contributed by atoms with van der Waals surface area (Å²) >= 11 is 0. The van der Waals surface area contributed by atoms with Gasteiger partial charge in [-0.1, -0.05) is 26.0 Å². The monoisotopic (exact) mass is 273 g/mol. The Morgan fingerprint density at radius 2 is 1.30 bits per heavy atom. The number of benzene rings is 2. The van der Waals surface area contributed by atoms with Gasteiger partial charge in [-0.05, 0) is 41.9 Å². The van der Waals surface area contributed by atoms with Crippen molar-refractivity contribution in [1.29, 1.82) is 0 Å². The topological polar surface area (TPSA) is 61.7 Å². The van der Waals surface area contributed by atoms with Crippen molar-refractivity contribution >= 4 is 24.0 Å². The fraction of sp³-hybridized carbons (Fsp3) is 0.200. The molecule has 0 fully saturated rings. The van der Waals surface area contributed by atoms with Crippen LogP contribution in [0.15, 0.2) is 48.5 Å². The summed E-state index contributed by atoms with van der Waals surface area (Å²) in [6.07, 6.45) is 0. The lowest BCUT2D eigenvalue weighted by molar-refractivity contribution is 0.415. The largest absolute Gasteiger partial charge is 0.497 e. The maximum atomic E-state index is 8.98. The summed E-state index contributed by atoms with van der Waals surface area (Å²) in [5.74, 6) is 0.805. The molecule has 2 aromatic rings. The fourth-order valence-electron chi connectivity index (χ4n) is 1.58. The molecule has 0 atom stereocenters. The van der Waals surface area contributed by atoms with E-state index in [1.54, 1.807) is 31.4 Å². The molecule has 3 N–H and O–H groups in total. The molecule has 0 aliphatic heterocycles. The van der Waals surface area contributed by atoms with Crippen molar-refractivity contribution in [2.75, 3.05) is 12.4 Å². The average Bonchev–Trinajstić information content (AvgIpc) is 2.50. The Bertz CT molecular complexity index is 498. The molecule has 0 aliphatic carbocycles. The first kappa shape index (κ1) is 16.1. The second kappa shape index (κ2) is 8.25. The van der Waals surface area contributed by atoms with Crippen LogP contribution >= 0.6 is 0 Å². The van der Waals surface area contributed by atoms with E-state index in [9.17, 15) is 0 Å². The van der Waals surface area contributed by atoms with Crippen LogP contribution in [0.2, 0.25) is 0 Å². The first-order valence-corrected chi connectivity index (χ1v) is 6.56. The van der Waals surface area contributed by atoms with Crippen molar-refractivity contribution in [2.24, 2.45) is 0 Å². The summed E-state index contributed by atoms with van der Waals surface area (Å²) in [5, 5.41) is 21.2. The predicted molar refractivity (Wildman–Crippen MR) is 83.9 cm³/mol. The first-order valence-electron chi connectivity index (χ1n) is 6.56. The summed E-state index contributed by atoms with van der Waals surface area (Å²) in [7, 11) is 0.196. The van der Waals surface area contributed by atoms with Crippen LogP contribution < -0.4 is 15.5 Å². The lowest BCUT2D eigenvalue weighted by atomic mass is 9.80. The molecule has 20 heavy (non-hydrogen) atoms. The van der Waals surface area contributed by atoms with Gasteiger partial charge in [0.15, 0.2) is 0 Å². The van der Waals surface area contributed by atoms with E-state index in [4.69, 9.17) is 14.8 Å². The Kier molecular flexibility index (Phi) is 6.63. The molecule has 0 aliphatic rings. The minimum absolute atomic E-state index is 0.468. The van der Waals surface area contributed by atoms with Crippen LogP contribution in [0.3, 0.4) is 0 Å². The molecule has 2 aromatic carbocycles. The van der Waals surface area contributed by atoms with E-state index < -0.39 is 7.12 Å². The number of ether oxygens (including phenoxy) is 1. The molecule has 0 amide bonds. The Labute approximate surface area is 120 Å². The van der Waals surface area contributed by atoms with Crippen LogP contribution in [0.25, 0.3) is 0 Å². The quantitative estimate of drug-likeness (QED) is 0.747. The lowest BCUT2D eigenvalue weighted by Crippen LogP contribution is -2.29. The molecule has 0 spiro atoms. The van der Waals surface area contributed by atoms with E-state index in [1.807, 2.05) is 38.1 Å². The van der Waals surface area contributed by atoms with E-state index in [0.717, 1.165) is 17.1 Å². The molecule has 0 aromatic heterocycles. The van der Waals surface area contributed by atoms with Gasteiger partial charge in [0.1, 0.15) is 5.75 Å². The average molecular weight is 273 g/mol. The molecule has 0 radical (unpaired) electrons. The molecule has 0 bridgehead atoms. The van der Waals surface area contributed by atoms with Crippen molar-refractivity contribution in [3.8, 4) is 5.75 Å². The molecule has 0 unspecified atom stereocenters. The Balaban J connectivity index is 0.000000956. The van der Waals surface area contributed by atoms with E-state index in [0.29, 0.717) is 5.46 Å². The third-order valence-corrected chi connectivity index (χ3v) is 2.59. The highest BCUT2D eigenvalue weighted by Crippen LogP contribution is 2.19. The summed E-state index contributed by atoms with van der Waals surface area (Å²) in [6, 6.07) is 14.5. The van der Waals surface area contributed by atoms with Crippen molar-refractivity contribution in [1.82, 2.24) is 0 Å². The van der Waals surface area contributed by atoms with E-state index in [2.05, 4.69) is 5.32 Å². The van der Waals surface area contributed by atoms with Gasteiger partial charge in [-0.15, -0.1) is 0 Å². The van der Waals surface area contributed by atoms with Crippen LogP contribution in [-0.2, 0) is 0 Å². The van der Waals surface area contributed by atoms with Crippen LogP contribution in [0.1, 0.15) is 13.8 Å². The standard InChI is InChI=1S/C13H14BNO3.C2H6/c1-18-13-8-6-12(7-9-13)15-11-4-2-10(3-5-11)14(16)17;1-2/h2-9,15-17H,1H3;1-2H3. The molecule has 2 rings (SSSR count). The number of hydrogen-bond acceptors (Lipinski definition) is 4. The van der Waals surface area contributed by atoms with Crippen LogP contribution in [-0.4, -0.2) is 24.3 Å². The van der Waals surface area contributed by atoms with Gasteiger partial charge in [-0.2, -0.15) is 0 Å². The summed E-state index contributed by atoms with van der Waals surface area (Å²) in [5.41, 5.74) is 2.29. The first-order chi connectivity index (χ1) is 9.69. The van der Waals surface area contributed by atoms with Crippen molar-refractivity contribution < 1.29 is 14.8 Å². The summed E-state index contributed by atoms with van der Waals surface area (Å²) in [6.45, 7) is 4.00. The molecule has 4 nitrogen and oxygen atoms in total. The molecule has 0 saturated heterocycles. The molecule has 5 heteroatoms. The van der Waals surface area contributed by atoms with Crippen molar-refractivity contribution in [3.63, 3.8) is 0 Å².